The second-order valence-electron chi connectivity index (χ2n) is 6.70. The number of anilines is 1. The zero-order valence-corrected chi connectivity index (χ0v) is 19.1. The first-order valence-electron chi connectivity index (χ1n) is 9.80. The van der Waals surface area contributed by atoms with Gasteiger partial charge in [-0.25, -0.2) is 4.99 Å². The highest BCUT2D eigenvalue weighted by atomic mass is 127. The Kier molecular flexibility index (Phi) is 11.2. The van der Waals surface area contributed by atoms with Gasteiger partial charge in [0.15, 0.2) is 5.96 Å². The molecule has 152 valence electrons. The maximum Gasteiger partial charge on any atom is 0.241 e. The van der Waals surface area contributed by atoms with Crippen LogP contribution in [0.25, 0.3) is 0 Å². The molecule has 27 heavy (non-hydrogen) atoms. The molecular formula is C20H34IN5O. The maximum atomic E-state index is 11.8. The maximum absolute atomic E-state index is 11.8. The van der Waals surface area contributed by atoms with Crippen molar-refractivity contribution in [2.24, 2.45) is 4.99 Å². The number of benzene rings is 1. The van der Waals surface area contributed by atoms with Gasteiger partial charge in [-0.2, -0.15) is 0 Å². The molecule has 2 rings (SSSR count). The predicted octanol–water partition coefficient (Wildman–Crippen LogP) is 3.05. The molecule has 1 aromatic rings. The Morgan fingerprint density at radius 3 is 2.63 bits per heavy atom. The first kappa shape index (κ1) is 23.5. The smallest absolute Gasteiger partial charge is 0.241 e. The number of hydrogen-bond donors (Lipinski definition) is 3. The van der Waals surface area contributed by atoms with Crippen LogP contribution in [0.5, 0.6) is 0 Å². The van der Waals surface area contributed by atoms with Gasteiger partial charge in [-0.05, 0) is 50.8 Å². The van der Waals surface area contributed by atoms with Gasteiger partial charge in [-0.3, -0.25) is 4.79 Å². The van der Waals surface area contributed by atoms with Crippen LogP contribution in [-0.4, -0.2) is 44.6 Å². The lowest BCUT2D eigenvalue weighted by Gasteiger charge is -2.22. The monoisotopic (exact) mass is 487 g/mol. The topological polar surface area (TPSA) is 68.8 Å². The molecule has 1 unspecified atom stereocenters. The molecule has 1 aliphatic rings. The number of nitrogens with zero attached hydrogens (tertiary/aromatic N) is 2. The van der Waals surface area contributed by atoms with E-state index in [1.54, 1.807) is 0 Å². The predicted molar refractivity (Wildman–Crippen MR) is 124 cm³/mol. The second-order valence-corrected chi connectivity index (χ2v) is 6.70. The van der Waals surface area contributed by atoms with Gasteiger partial charge in [0.25, 0.3) is 0 Å². The lowest BCUT2D eigenvalue weighted by molar-refractivity contribution is -0.119. The Balaban J connectivity index is 0.00000364. The van der Waals surface area contributed by atoms with Gasteiger partial charge in [-0.1, -0.05) is 19.1 Å². The van der Waals surface area contributed by atoms with Crippen LogP contribution in [0.2, 0.25) is 0 Å². The summed E-state index contributed by atoms with van der Waals surface area (Å²) < 4.78 is 0. The van der Waals surface area contributed by atoms with Crippen molar-refractivity contribution in [3.8, 4) is 0 Å². The van der Waals surface area contributed by atoms with Gasteiger partial charge in [-0.15, -0.1) is 24.0 Å². The SMILES string of the molecule is CCCNC(=O)CN=C(NCC)NC(C)c1cccc(N2CCCC2)c1.I. The number of amides is 1. The van der Waals surface area contributed by atoms with Crippen LogP contribution in [-0.2, 0) is 4.79 Å². The Hall–Kier alpha value is -1.51. The highest BCUT2D eigenvalue weighted by molar-refractivity contribution is 14.0. The van der Waals surface area contributed by atoms with Gasteiger partial charge in [0.2, 0.25) is 5.91 Å². The molecule has 0 aliphatic carbocycles. The molecule has 7 heteroatoms. The largest absolute Gasteiger partial charge is 0.372 e. The molecule has 3 N–H and O–H groups in total. The molecule has 1 fully saturated rings. The summed E-state index contributed by atoms with van der Waals surface area (Å²) in [5.74, 6) is 0.617. The summed E-state index contributed by atoms with van der Waals surface area (Å²) in [6.45, 7) is 10.0. The fourth-order valence-electron chi connectivity index (χ4n) is 3.05. The third kappa shape index (κ3) is 7.94. The molecule has 1 atom stereocenters. The number of hydrogen-bond acceptors (Lipinski definition) is 3. The quantitative estimate of drug-likeness (QED) is 0.300. The molecule has 1 heterocycles. The number of carbonyl (C=O) groups is 1. The number of halogens is 1. The van der Waals surface area contributed by atoms with Crippen molar-refractivity contribution < 1.29 is 4.79 Å². The van der Waals surface area contributed by atoms with Crippen molar-refractivity contribution >= 4 is 41.5 Å². The Morgan fingerprint density at radius 1 is 1.22 bits per heavy atom. The van der Waals surface area contributed by atoms with Gasteiger partial charge in [0.05, 0.1) is 6.04 Å². The van der Waals surface area contributed by atoms with E-state index in [-0.39, 0.29) is 42.5 Å². The summed E-state index contributed by atoms with van der Waals surface area (Å²) in [6.07, 6.45) is 3.48. The third-order valence-electron chi connectivity index (χ3n) is 4.49. The Morgan fingerprint density at radius 2 is 1.96 bits per heavy atom. The van der Waals surface area contributed by atoms with Crippen LogP contribution in [0.1, 0.15) is 51.6 Å². The molecule has 1 amide bonds. The minimum absolute atomic E-state index is 0. The van der Waals surface area contributed by atoms with E-state index < -0.39 is 0 Å². The molecule has 0 spiro atoms. The highest BCUT2D eigenvalue weighted by Crippen LogP contribution is 2.23. The molecule has 1 saturated heterocycles. The standard InChI is InChI=1S/C20H33N5O.HI/c1-4-11-22-19(26)15-23-20(21-5-2)24-16(3)17-9-8-10-18(14-17)25-12-6-7-13-25;/h8-10,14,16H,4-7,11-13,15H2,1-3H3,(H,22,26)(H2,21,23,24);1H. The van der Waals surface area contributed by atoms with Crippen LogP contribution in [0.3, 0.4) is 0 Å². The lowest BCUT2D eigenvalue weighted by Crippen LogP contribution is -2.39. The first-order valence-corrected chi connectivity index (χ1v) is 9.80. The molecule has 0 radical (unpaired) electrons. The van der Waals surface area contributed by atoms with E-state index in [0.717, 1.165) is 26.1 Å². The van der Waals surface area contributed by atoms with Crippen LogP contribution < -0.4 is 20.9 Å². The van der Waals surface area contributed by atoms with Gasteiger partial charge in [0, 0.05) is 31.9 Å². The molecule has 1 aliphatic heterocycles. The van der Waals surface area contributed by atoms with Crippen molar-refractivity contribution in [2.75, 3.05) is 37.6 Å². The minimum Gasteiger partial charge on any atom is -0.372 e. The zero-order valence-electron chi connectivity index (χ0n) is 16.8. The van der Waals surface area contributed by atoms with E-state index in [9.17, 15) is 4.79 Å². The molecule has 0 aromatic heterocycles. The van der Waals surface area contributed by atoms with E-state index >= 15 is 0 Å². The van der Waals surface area contributed by atoms with E-state index in [0.29, 0.717) is 12.5 Å². The number of nitrogens with one attached hydrogen (secondary N) is 3. The van der Waals surface area contributed by atoms with Gasteiger partial charge >= 0.3 is 0 Å². The van der Waals surface area contributed by atoms with Gasteiger partial charge < -0.3 is 20.9 Å². The average Bonchev–Trinajstić information content (AvgIpc) is 3.19. The number of aliphatic imine (C=N–C) groups is 1. The van der Waals surface area contributed by atoms with Crippen molar-refractivity contribution in [3.05, 3.63) is 29.8 Å². The first-order chi connectivity index (χ1) is 12.6. The van der Waals surface area contributed by atoms with E-state index in [2.05, 4.69) is 57.0 Å². The summed E-state index contributed by atoms with van der Waals surface area (Å²) in [5.41, 5.74) is 2.50. The van der Waals surface area contributed by atoms with Crippen molar-refractivity contribution in [2.45, 2.75) is 46.1 Å². The fourth-order valence-corrected chi connectivity index (χ4v) is 3.05. The molecule has 6 nitrogen and oxygen atoms in total. The van der Waals surface area contributed by atoms with Crippen molar-refractivity contribution in [1.82, 2.24) is 16.0 Å². The number of guanidine groups is 1. The van der Waals surface area contributed by atoms with Crippen molar-refractivity contribution in [3.63, 3.8) is 0 Å². The van der Waals surface area contributed by atoms with Crippen molar-refractivity contribution in [1.29, 1.82) is 0 Å². The zero-order chi connectivity index (χ0) is 18.8. The minimum atomic E-state index is -0.0484. The number of carbonyl (C=O) groups excluding carboxylic acids is 1. The summed E-state index contributed by atoms with van der Waals surface area (Å²) in [4.78, 5) is 18.6. The van der Waals surface area contributed by atoms with Crippen LogP contribution in [0.15, 0.2) is 29.3 Å². The molecular weight excluding hydrogens is 453 g/mol. The van der Waals surface area contributed by atoms with Crippen LogP contribution in [0, 0.1) is 0 Å². The highest BCUT2D eigenvalue weighted by Gasteiger charge is 2.14. The summed E-state index contributed by atoms with van der Waals surface area (Å²) in [5, 5.41) is 9.46. The van der Waals surface area contributed by atoms with Gasteiger partial charge in [0.1, 0.15) is 6.54 Å². The van der Waals surface area contributed by atoms with Crippen LogP contribution in [0.4, 0.5) is 5.69 Å². The lowest BCUT2D eigenvalue weighted by atomic mass is 10.1. The molecule has 0 saturated carbocycles. The normalized spacial score (nSPS) is 15.1. The molecule has 1 aromatic carbocycles. The Bertz CT molecular complexity index is 602. The Labute approximate surface area is 180 Å². The number of rotatable bonds is 8. The van der Waals surface area contributed by atoms with E-state index in [4.69, 9.17) is 0 Å². The average molecular weight is 487 g/mol. The summed E-state index contributed by atoms with van der Waals surface area (Å²) >= 11 is 0. The molecule has 0 bridgehead atoms. The summed E-state index contributed by atoms with van der Waals surface area (Å²) in [7, 11) is 0. The van der Waals surface area contributed by atoms with E-state index in [1.165, 1.54) is 24.1 Å². The third-order valence-corrected chi connectivity index (χ3v) is 4.49. The fraction of sp³-hybridized carbons (Fsp3) is 0.600. The second kappa shape index (κ2) is 12.8. The van der Waals surface area contributed by atoms with E-state index in [1.807, 2.05) is 13.8 Å². The summed E-state index contributed by atoms with van der Waals surface area (Å²) in [6, 6.07) is 8.78. The van der Waals surface area contributed by atoms with Crippen LogP contribution >= 0.6 is 24.0 Å².